The molecule has 4 heteroatoms. The lowest BCUT2D eigenvalue weighted by molar-refractivity contribution is 0.114. The second-order valence-corrected chi connectivity index (χ2v) is 5.63. The maximum absolute atomic E-state index is 5.61. The minimum absolute atomic E-state index is 0.373. The molecule has 1 atom stereocenters. The smallest absolute Gasteiger partial charge is 0.204 e. The first kappa shape index (κ1) is 15.5. The van der Waals surface area contributed by atoms with E-state index in [4.69, 9.17) is 13.9 Å². The van der Waals surface area contributed by atoms with Crippen LogP contribution in [0.5, 0.6) is 5.75 Å². The molecule has 3 nitrogen and oxygen atoms in total. The summed E-state index contributed by atoms with van der Waals surface area (Å²) in [5.41, 5.74) is 4.33. The number of hydrogen-bond acceptors (Lipinski definition) is 3. The van der Waals surface area contributed by atoms with Gasteiger partial charge in [0.1, 0.15) is 11.9 Å². The van der Waals surface area contributed by atoms with Gasteiger partial charge < -0.3 is 13.9 Å². The zero-order valence-corrected chi connectivity index (χ0v) is 14.9. The largest absolute Gasteiger partial charge is 0.553 e. The van der Waals surface area contributed by atoms with Gasteiger partial charge >= 0.3 is 0 Å². The molecule has 0 amide bonds. The van der Waals surface area contributed by atoms with Crippen LogP contribution in [-0.4, -0.2) is 36.4 Å². The van der Waals surface area contributed by atoms with Gasteiger partial charge in [-0.05, 0) is 48.4 Å². The molecule has 20 heavy (non-hydrogen) atoms. The van der Waals surface area contributed by atoms with E-state index in [0.717, 1.165) is 61.7 Å². The van der Waals surface area contributed by atoms with Crippen molar-refractivity contribution in [3.05, 3.63) is 28.8 Å². The van der Waals surface area contributed by atoms with Gasteiger partial charge in [-0.15, -0.1) is 0 Å². The van der Waals surface area contributed by atoms with Gasteiger partial charge in [-0.25, -0.2) is 0 Å². The summed E-state index contributed by atoms with van der Waals surface area (Å²) in [4.78, 5) is 0. The molecule has 112 valence electrons. The van der Waals surface area contributed by atoms with E-state index in [1.165, 1.54) is 16.7 Å². The summed E-state index contributed by atoms with van der Waals surface area (Å²) in [6, 6.07) is 4.37. The van der Waals surface area contributed by atoms with Crippen molar-refractivity contribution in [1.29, 1.82) is 0 Å². The number of epoxide rings is 1. The summed E-state index contributed by atoms with van der Waals surface area (Å²) >= 11 is 0. The number of benzene rings is 1. The second-order valence-electron chi connectivity index (χ2n) is 5.22. The van der Waals surface area contributed by atoms with E-state index >= 15 is 0 Å². The van der Waals surface area contributed by atoms with E-state index < -0.39 is 0 Å². The van der Waals surface area contributed by atoms with E-state index in [-0.39, 0.29) is 0 Å². The summed E-state index contributed by atoms with van der Waals surface area (Å²) in [5, 5.41) is 0. The summed E-state index contributed by atoms with van der Waals surface area (Å²) in [6.45, 7) is 6.90. The molecule has 0 saturated carbocycles. The summed E-state index contributed by atoms with van der Waals surface area (Å²) in [6.07, 6.45) is 4.66. The van der Waals surface area contributed by atoms with E-state index in [1.54, 1.807) is 0 Å². The molecule has 1 heterocycles. The van der Waals surface area contributed by atoms with Gasteiger partial charge in [0.15, 0.2) is 0 Å². The molecular formula is C16H26O3Si. The first-order chi connectivity index (χ1) is 9.80. The number of hydrogen-bond donors (Lipinski definition) is 0. The van der Waals surface area contributed by atoms with Gasteiger partial charge in [0.2, 0.25) is 10.5 Å². The fourth-order valence-electron chi connectivity index (χ4n) is 2.72. The van der Waals surface area contributed by atoms with Crippen LogP contribution in [0.3, 0.4) is 0 Å². The van der Waals surface area contributed by atoms with Crippen molar-refractivity contribution in [3.63, 3.8) is 0 Å². The highest BCUT2D eigenvalue weighted by Gasteiger charge is 2.22. The molecule has 0 bridgehead atoms. The van der Waals surface area contributed by atoms with Crippen LogP contribution in [0.1, 0.15) is 37.0 Å². The van der Waals surface area contributed by atoms with Gasteiger partial charge in [0, 0.05) is 6.61 Å². The highest BCUT2D eigenvalue weighted by molar-refractivity contribution is 6.00. The third kappa shape index (κ3) is 4.07. The molecule has 2 rings (SSSR count). The number of ether oxygens (including phenoxy) is 2. The Morgan fingerprint density at radius 3 is 2.60 bits per heavy atom. The van der Waals surface area contributed by atoms with Gasteiger partial charge in [-0.2, -0.15) is 0 Å². The first-order valence-electron chi connectivity index (χ1n) is 7.67. The molecule has 1 aromatic rings. The van der Waals surface area contributed by atoms with Crippen molar-refractivity contribution in [2.75, 3.05) is 19.8 Å². The van der Waals surface area contributed by atoms with Crippen molar-refractivity contribution in [3.8, 4) is 5.75 Å². The Bertz CT molecular complexity index is 430. The first-order valence-corrected chi connectivity index (χ1v) is 8.48. The van der Waals surface area contributed by atoms with Crippen LogP contribution in [0.4, 0.5) is 0 Å². The molecule has 1 unspecified atom stereocenters. The Kier molecular flexibility index (Phi) is 6.07. The monoisotopic (exact) mass is 294 g/mol. The zero-order valence-electron chi connectivity index (χ0n) is 12.9. The van der Waals surface area contributed by atoms with Crippen LogP contribution >= 0.6 is 0 Å². The topological polar surface area (TPSA) is 31.0 Å². The molecule has 0 spiro atoms. The SMILES string of the molecule is CCc1c(CCCOCC2CO2)ccc(O[SiH3])c1CC. The quantitative estimate of drug-likeness (QED) is 0.395. The molecular weight excluding hydrogens is 268 g/mol. The second kappa shape index (κ2) is 7.81. The maximum atomic E-state index is 5.61. The molecule has 1 saturated heterocycles. The van der Waals surface area contributed by atoms with Crippen molar-refractivity contribution in [2.45, 2.75) is 45.6 Å². The van der Waals surface area contributed by atoms with Crippen molar-refractivity contribution >= 4 is 10.5 Å². The van der Waals surface area contributed by atoms with Gasteiger partial charge in [-0.3, -0.25) is 0 Å². The lowest BCUT2D eigenvalue weighted by Crippen LogP contribution is -2.06. The van der Waals surface area contributed by atoms with Crippen LogP contribution in [0.25, 0.3) is 0 Å². The normalized spacial score (nSPS) is 17.4. The van der Waals surface area contributed by atoms with Crippen LogP contribution in [0.15, 0.2) is 12.1 Å². The van der Waals surface area contributed by atoms with Crippen molar-refractivity contribution < 1.29 is 13.9 Å². The number of rotatable bonds is 9. The Labute approximate surface area is 125 Å². The highest BCUT2D eigenvalue weighted by atomic mass is 28.2. The maximum Gasteiger partial charge on any atom is 0.204 e. The number of aryl methyl sites for hydroxylation is 1. The van der Waals surface area contributed by atoms with Crippen LogP contribution in [0, 0.1) is 0 Å². The summed E-state index contributed by atoms with van der Waals surface area (Å²) in [7, 11) is 0.754. The third-order valence-corrected chi connectivity index (χ3v) is 4.29. The molecule has 1 aromatic carbocycles. The zero-order chi connectivity index (χ0) is 14.4. The average Bonchev–Trinajstić information content (AvgIpc) is 3.30. The lowest BCUT2D eigenvalue weighted by atomic mass is 9.94. The van der Waals surface area contributed by atoms with E-state index in [9.17, 15) is 0 Å². The Morgan fingerprint density at radius 1 is 1.25 bits per heavy atom. The van der Waals surface area contributed by atoms with Gasteiger partial charge in [0.25, 0.3) is 0 Å². The molecule has 1 aliphatic heterocycles. The predicted molar refractivity (Wildman–Crippen MR) is 84.6 cm³/mol. The minimum Gasteiger partial charge on any atom is -0.553 e. The Hall–Kier alpha value is -0.843. The highest BCUT2D eigenvalue weighted by Crippen LogP contribution is 2.27. The minimum atomic E-state index is 0.373. The van der Waals surface area contributed by atoms with Gasteiger partial charge in [-0.1, -0.05) is 19.9 Å². The molecule has 1 fully saturated rings. The summed E-state index contributed by atoms with van der Waals surface area (Å²) in [5.74, 6) is 1.09. The van der Waals surface area contributed by atoms with E-state index in [1.807, 2.05) is 0 Å². The fraction of sp³-hybridized carbons (Fsp3) is 0.625. The molecule has 0 aromatic heterocycles. The molecule has 0 radical (unpaired) electrons. The lowest BCUT2D eigenvalue weighted by Gasteiger charge is -2.16. The van der Waals surface area contributed by atoms with Crippen molar-refractivity contribution in [2.24, 2.45) is 0 Å². The Balaban J connectivity index is 1.91. The predicted octanol–water partition coefficient (Wildman–Crippen LogP) is 1.82. The van der Waals surface area contributed by atoms with Gasteiger partial charge in [0.05, 0.1) is 13.2 Å². The molecule has 0 aliphatic carbocycles. The molecule has 0 N–H and O–H groups in total. The third-order valence-electron chi connectivity index (χ3n) is 3.85. The molecule has 1 aliphatic rings. The Morgan fingerprint density at radius 2 is 2.00 bits per heavy atom. The van der Waals surface area contributed by atoms with E-state index in [0.29, 0.717) is 6.10 Å². The van der Waals surface area contributed by atoms with Crippen LogP contribution in [0.2, 0.25) is 0 Å². The van der Waals surface area contributed by atoms with Crippen molar-refractivity contribution in [1.82, 2.24) is 0 Å². The average molecular weight is 294 g/mol. The summed E-state index contributed by atoms with van der Waals surface area (Å²) < 4.78 is 16.4. The fourth-order valence-corrected chi connectivity index (χ4v) is 3.10. The van der Waals surface area contributed by atoms with Crippen LogP contribution in [-0.2, 0) is 28.7 Å². The van der Waals surface area contributed by atoms with Crippen LogP contribution < -0.4 is 4.43 Å². The standard InChI is InChI=1S/C16H26O3Si/c1-3-14-12(6-5-9-17-10-13-11-18-13)7-8-16(19-20)15(14)4-2/h7-8,13H,3-6,9-11H2,1-2,20H3. The van der Waals surface area contributed by atoms with E-state index in [2.05, 4.69) is 26.0 Å².